The minimum atomic E-state index is -0.0852. The van der Waals surface area contributed by atoms with Gasteiger partial charge in [0.05, 0.1) is 0 Å². The Balaban J connectivity index is 1.96. The van der Waals surface area contributed by atoms with Crippen LogP contribution in [0.25, 0.3) is 0 Å². The lowest BCUT2D eigenvalue weighted by Gasteiger charge is -2.48. The lowest BCUT2D eigenvalue weighted by Crippen LogP contribution is -2.44. The van der Waals surface area contributed by atoms with Crippen LogP contribution < -0.4 is 4.74 Å². The number of hydrogen-bond acceptors (Lipinski definition) is 2. The van der Waals surface area contributed by atoms with E-state index < -0.39 is 0 Å². The third kappa shape index (κ3) is 3.13. The van der Waals surface area contributed by atoms with Crippen molar-refractivity contribution in [3.05, 3.63) is 35.4 Å². The summed E-state index contributed by atoms with van der Waals surface area (Å²) in [7, 11) is 0. The average molecular weight is 314 g/mol. The van der Waals surface area contributed by atoms with Gasteiger partial charge in [-0.25, -0.2) is 0 Å². The number of allylic oxidation sites excluding steroid dienone is 1. The van der Waals surface area contributed by atoms with E-state index in [2.05, 4.69) is 33.4 Å². The van der Waals surface area contributed by atoms with Crippen molar-refractivity contribution < 1.29 is 9.84 Å². The molecule has 23 heavy (non-hydrogen) atoms. The van der Waals surface area contributed by atoms with Crippen LogP contribution >= 0.6 is 0 Å². The molecule has 3 rings (SSSR count). The summed E-state index contributed by atoms with van der Waals surface area (Å²) in [6.07, 6.45) is 7.80. The quantitative estimate of drug-likeness (QED) is 0.555. The molecule has 1 aliphatic heterocycles. The summed E-state index contributed by atoms with van der Waals surface area (Å²) >= 11 is 0. The second-order valence-corrected chi connectivity index (χ2v) is 7.84. The summed E-state index contributed by atoms with van der Waals surface area (Å²) in [6, 6.07) is 4.14. The third-order valence-corrected chi connectivity index (χ3v) is 5.73. The van der Waals surface area contributed by atoms with E-state index >= 15 is 0 Å². The molecule has 0 aromatic heterocycles. The second kappa shape index (κ2) is 6.22. The van der Waals surface area contributed by atoms with Gasteiger partial charge in [0.25, 0.3) is 0 Å². The van der Waals surface area contributed by atoms with Gasteiger partial charge in [-0.05, 0) is 69.6 Å². The smallest absolute Gasteiger partial charge is 0.127 e. The first-order valence-electron chi connectivity index (χ1n) is 9.14. The van der Waals surface area contributed by atoms with Gasteiger partial charge in [-0.2, -0.15) is 0 Å². The zero-order valence-corrected chi connectivity index (χ0v) is 14.8. The molecule has 0 radical (unpaired) electrons. The number of aryl methyl sites for hydroxylation is 1. The highest BCUT2D eigenvalue weighted by atomic mass is 16.5. The summed E-state index contributed by atoms with van der Waals surface area (Å²) in [5.74, 6) is 2.15. The Morgan fingerprint density at radius 2 is 2.17 bits per heavy atom. The zero-order valence-electron chi connectivity index (χ0n) is 14.8. The number of phenolic OH excluding ortho intramolecular Hbond substituents is 1. The van der Waals surface area contributed by atoms with Gasteiger partial charge in [-0.1, -0.05) is 31.9 Å². The first kappa shape index (κ1) is 16.4. The highest BCUT2D eigenvalue weighted by Gasteiger charge is 2.46. The maximum absolute atomic E-state index is 10.7. The van der Waals surface area contributed by atoms with Crippen LogP contribution in [-0.4, -0.2) is 10.7 Å². The Hall–Kier alpha value is -1.44. The zero-order chi connectivity index (χ0) is 16.6. The van der Waals surface area contributed by atoms with Crippen LogP contribution in [0.4, 0.5) is 0 Å². The van der Waals surface area contributed by atoms with Crippen molar-refractivity contribution >= 4 is 0 Å². The molecular weight excluding hydrogens is 284 g/mol. The first-order chi connectivity index (χ1) is 10.9. The number of benzene rings is 1. The minimum Gasteiger partial charge on any atom is -0.508 e. The number of aromatic hydroxyl groups is 1. The minimum absolute atomic E-state index is 0.0852. The van der Waals surface area contributed by atoms with Gasteiger partial charge in [0.15, 0.2) is 0 Å². The van der Waals surface area contributed by atoms with Crippen LogP contribution in [-0.2, 0) is 6.42 Å². The van der Waals surface area contributed by atoms with E-state index in [1.807, 2.05) is 6.07 Å². The van der Waals surface area contributed by atoms with Crippen LogP contribution in [0.2, 0.25) is 0 Å². The fourth-order valence-electron chi connectivity index (χ4n) is 4.47. The molecule has 126 valence electrons. The highest BCUT2D eigenvalue weighted by molar-refractivity contribution is 5.52. The van der Waals surface area contributed by atoms with Crippen molar-refractivity contribution in [2.24, 2.45) is 5.92 Å². The Morgan fingerprint density at radius 1 is 1.39 bits per heavy atom. The Labute approximate surface area is 140 Å². The van der Waals surface area contributed by atoms with E-state index in [-0.39, 0.29) is 5.60 Å². The van der Waals surface area contributed by atoms with Crippen molar-refractivity contribution in [1.29, 1.82) is 0 Å². The summed E-state index contributed by atoms with van der Waals surface area (Å²) in [4.78, 5) is 0. The topological polar surface area (TPSA) is 29.5 Å². The normalized spacial score (nSPS) is 28.8. The molecular formula is C21H30O2. The van der Waals surface area contributed by atoms with Gasteiger partial charge in [0.1, 0.15) is 17.1 Å². The summed E-state index contributed by atoms with van der Waals surface area (Å²) in [5.41, 5.74) is 3.37. The number of rotatable bonds is 5. The molecule has 3 atom stereocenters. The SMILES string of the molecule is C=C(C)C1CCC2(C)CC1c1c(O)cc(CCCCC)cc1O2. The molecule has 2 bridgehead atoms. The van der Waals surface area contributed by atoms with Crippen molar-refractivity contribution in [1.82, 2.24) is 0 Å². The van der Waals surface area contributed by atoms with Crippen molar-refractivity contribution in [2.75, 3.05) is 0 Å². The van der Waals surface area contributed by atoms with Crippen LogP contribution in [0.1, 0.15) is 76.3 Å². The fourth-order valence-corrected chi connectivity index (χ4v) is 4.47. The van der Waals surface area contributed by atoms with Gasteiger partial charge in [0.2, 0.25) is 0 Å². The monoisotopic (exact) mass is 314 g/mol. The standard InChI is InChI=1S/C21H30O2/c1-5-6-7-8-15-11-18(22)20-17-13-21(4,23-19(20)12-15)10-9-16(17)14(2)3/h11-12,16-17,22H,2,5-10,13H2,1,3-4H3. The van der Waals surface area contributed by atoms with Crippen molar-refractivity contribution in [2.45, 2.75) is 77.2 Å². The molecule has 1 aliphatic carbocycles. The highest BCUT2D eigenvalue weighted by Crippen LogP contribution is 2.55. The summed E-state index contributed by atoms with van der Waals surface area (Å²) in [6.45, 7) is 10.8. The van der Waals surface area contributed by atoms with Gasteiger partial charge in [-0.15, -0.1) is 0 Å². The summed E-state index contributed by atoms with van der Waals surface area (Å²) in [5, 5.41) is 10.7. The molecule has 1 N–H and O–H groups in total. The molecule has 2 nitrogen and oxygen atoms in total. The molecule has 1 aromatic carbocycles. The van der Waals surface area contributed by atoms with Crippen LogP contribution in [0, 0.1) is 5.92 Å². The molecule has 0 saturated heterocycles. The Morgan fingerprint density at radius 3 is 2.87 bits per heavy atom. The first-order valence-corrected chi connectivity index (χ1v) is 9.14. The van der Waals surface area contributed by atoms with Gasteiger partial charge < -0.3 is 9.84 Å². The Bertz CT molecular complexity index is 604. The number of phenols is 1. The molecule has 0 amide bonds. The van der Waals surface area contributed by atoms with Crippen LogP contribution in [0.15, 0.2) is 24.3 Å². The lowest BCUT2D eigenvalue weighted by atomic mass is 9.65. The van der Waals surface area contributed by atoms with Crippen LogP contribution in [0.5, 0.6) is 11.5 Å². The molecule has 2 heteroatoms. The number of unbranched alkanes of at least 4 members (excludes halogenated alkanes) is 2. The molecule has 2 aliphatic rings. The van der Waals surface area contributed by atoms with E-state index in [4.69, 9.17) is 4.74 Å². The molecule has 1 fully saturated rings. The third-order valence-electron chi connectivity index (χ3n) is 5.73. The Kier molecular flexibility index (Phi) is 4.44. The van der Waals surface area contributed by atoms with E-state index in [9.17, 15) is 5.11 Å². The predicted octanol–water partition coefficient (Wildman–Crippen LogP) is 5.74. The van der Waals surface area contributed by atoms with E-state index in [1.165, 1.54) is 30.4 Å². The number of fused-ring (bicyclic) bond motifs is 4. The largest absolute Gasteiger partial charge is 0.508 e. The van der Waals surface area contributed by atoms with Crippen LogP contribution in [0.3, 0.4) is 0 Å². The fraction of sp³-hybridized carbons (Fsp3) is 0.619. The van der Waals surface area contributed by atoms with Gasteiger partial charge in [0, 0.05) is 11.5 Å². The van der Waals surface area contributed by atoms with E-state index in [1.54, 1.807) is 0 Å². The van der Waals surface area contributed by atoms with E-state index in [0.717, 1.165) is 37.0 Å². The summed E-state index contributed by atoms with van der Waals surface area (Å²) < 4.78 is 6.36. The maximum atomic E-state index is 10.7. The van der Waals surface area contributed by atoms with E-state index in [0.29, 0.717) is 17.6 Å². The van der Waals surface area contributed by atoms with Gasteiger partial charge >= 0.3 is 0 Å². The molecule has 1 aromatic rings. The maximum Gasteiger partial charge on any atom is 0.127 e. The second-order valence-electron chi connectivity index (χ2n) is 7.84. The molecule has 3 unspecified atom stereocenters. The van der Waals surface area contributed by atoms with Crippen molar-refractivity contribution in [3.63, 3.8) is 0 Å². The number of hydrogen-bond donors (Lipinski definition) is 1. The predicted molar refractivity (Wildman–Crippen MR) is 95.3 cm³/mol. The molecule has 1 saturated carbocycles. The molecule has 1 heterocycles. The van der Waals surface area contributed by atoms with Gasteiger partial charge in [-0.3, -0.25) is 0 Å². The van der Waals surface area contributed by atoms with Crippen molar-refractivity contribution in [3.8, 4) is 11.5 Å². The lowest BCUT2D eigenvalue weighted by molar-refractivity contribution is 0.00630. The molecule has 0 spiro atoms. The number of ether oxygens (including phenoxy) is 1. The average Bonchev–Trinajstić information content (AvgIpc) is 2.46.